The Balaban J connectivity index is 2.49. The van der Waals surface area contributed by atoms with Crippen LogP contribution in [0.25, 0.3) is 0 Å². The van der Waals surface area contributed by atoms with Gasteiger partial charge >= 0.3 is 5.97 Å². The van der Waals surface area contributed by atoms with Gasteiger partial charge in [-0.3, -0.25) is 4.79 Å². The Morgan fingerprint density at radius 2 is 2.06 bits per heavy atom. The molecule has 3 nitrogen and oxygen atoms in total. The quantitative estimate of drug-likeness (QED) is 0.727. The van der Waals surface area contributed by atoms with Crippen molar-refractivity contribution in [1.82, 2.24) is 5.32 Å². The maximum atomic E-state index is 11.7. The normalized spacial score (nSPS) is 30.2. The first-order chi connectivity index (χ1) is 8.13. The largest absolute Gasteiger partial charge is 0.465 e. The van der Waals surface area contributed by atoms with E-state index in [4.69, 9.17) is 4.74 Å². The molecule has 1 aliphatic rings. The minimum atomic E-state index is -0.127. The zero-order valence-corrected chi connectivity index (χ0v) is 11.7. The number of carbonyl (C=O) groups is 1. The van der Waals surface area contributed by atoms with Crippen LogP contribution in [0.15, 0.2) is 0 Å². The van der Waals surface area contributed by atoms with Gasteiger partial charge < -0.3 is 10.1 Å². The first kappa shape index (κ1) is 14.5. The Bertz CT molecular complexity index is 242. The monoisotopic (exact) mass is 241 g/mol. The van der Waals surface area contributed by atoms with Gasteiger partial charge in [0.1, 0.15) is 6.04 Å². The van der Waals surface area contributed by atoms with Crippen molar-refractivity contribution in [2.24, 2.45) is 11.8 Å². The summed E-state index contributed by atoms with van der Waals surface area (Å²) in [6.07, 6.45) is 4.53. The summed E-state index contributed by atoms with van der Waals surface area (Å²) < 4.78 is 5.09. The fraction of sp³-hybridized carbons (Fsp3) is 0.929. The van der Waals surface area contributed by atoms with Crippen molar-refractivity contribution >= 4 is 5.97 Å². The van der Waals surface area contributed by atoms with Crippen LogP contribution in [0.5, 0.6) is 0 Å². The van der Waals surface area contributed by atoms with E-state index in [9.17, 15) is 4.79 Å². The zero-order chi connectivity index (χ0) is 12.8. The van der Waals surface area contributed by atoms with Crippen LogP contribution in [0, 0.1) is 11.8 Å². The van der Waals surface area contributed by atoms with Gasteiger partial charge in [-0.15, -0.1) is 0 Å². The molecule has 4 atom stereocenters. The van der Waals surface area contributed by atoms with Crippen LogP contribution in [0.4, 0.5) is 0 Å². The number of carbonyl (C=O) groups excluding carboxylic acids is 1. The number of ether oxygens (including phenoxy) is 1. The fourth-order valence-electron chi connectivity index (χ4n) is 2.91. The third kappa shape index (κ3) is 3.70. The molecule has 0 saturated heterocycles. The van der Waals surface area contributed by atoms with Gasteiger partial charge in [-0.1, -0.05) is 27.2 Å². The SMILES string of the molecule is CCOC(=O)C(CC)NC1CCC(CC)C1C. The molecule has 0 amide bonds. The molecule has 0 aromatic heterocycles. The highest BCUT2D eigenvalue weighted by molar-refractivity contribution is 5.75. The van der Waals surface area contributed by atoms with Gasteiger partial charge in [0.05, 0.1) is 6.61 Å². The summed E-state index contributed by atoms with van der Waals surface area (Å²) in [5.41, 5.74) is 0. The second-order valence-corrected chi connectivity index (χ2v) is 5.09. The molecule has 0 bridgehead atoms. The van der Waals surface area contributed by atoms with Gasteiger partial charge in [0, 0.05) is 6.04 Å². The van der Waals surface area contributed by atoms with Gasteiger partial charge in [0.25, 0.3) is 0 Å². The number of hydrogen-bond acceptors (Lipinski definition) is 3. The first-order valence-electron chi connectivity index (χ1n) is 7.06. The van der Waals surface area contributed by atoms with E-state index in [1.165, 1.54) is 19.3 Å². The molecule has 0 aromatic carbocycles. The Kier molecular flexibility index (Phi) is 5.96. The zero-order valence-electron chi connectivity index (χ0n) is 11.7. The molecule has 1 fully saturated rings. The summed E-state index contributed by atoms with van der Waals surface area (Å²) in [7, 11) is 0. The van der Waals surface area contributed by atoms with Crippen LogP contribution >= 0.6 is 0 Å². The third-order valence-electron chi connectivity index (χ3n) is 4.15. The maximum absolute atomic E-state index is 11.7. The minimum absolute atomic E-state index is 0.0952. The average molecular weight is 241 g/mol. The third-order valence-corrected chi connectivity index (χ3v) is 4.15. The lowest BCUT2D eigenvalue weighted by Crippen LogP contribution is -2.45. The van der Waals surface area contributed by atoms with Crippen molar-refractivity contribution in [3.05, 3.63) is 0 Å². The standard InChI is InChI=1S/C14H27NO2/c1-5-11-8-9-13(10(11)4)15-12(6-2)14(16)17-7-3/h10-13,15H,5-9H2,1-4H3. The van der Waals surface area contributed by atoms with E-state index >= 15 is 0 Å². The van der Waals surface area contributed by atoms with Crippen molar-refractivity contribution in [2.75, 3.05) is 6.61 Å². The summed E-state index contributed by atoms with van der Waals surface area (Å²) in [6.45, 7) is 8.92. The maximum Gasteiger partial charge on any atom is 0.323 e. The summed E-state index contributed by atoms with van der Waals surface area (Å²) in [4.78, 5) is 11.7. The highest BCUT2D eigenvalue weighted by Gasteiger charge is 2.33. The molecule has 0 radical (unpaired) electrons. The summed E-state index contributed by atoms with van der Waals surface area (Å²) in [6, 6.07) is 0.354. The highest BCUT2D eigenvalue weighted by atomic mass is 16.5. The lowest BCUT2D eigenvalue weighted by atomic mass is 9.93. The van der Waals surface area contributed by atoms with Gasteiger partial charge in [-0.25, -0.2) is 0 Å². The van der Waals surface area contributed by atoms with E-state index in [2.05, 4.69) is 19.2 Å². The van der Waals surface area contributed by atoms with Gasteiger partial charge in [-0.2, -0.15) is 0 Å². The molecule has 0 aromatic rings. The van der Waals surface area contributed by atoms with Crippen LogP contribution in [0.2, 0.25) is 0 Å². The van der Waals surface area contributed by atoms with Crippen LogP contribution in [-0.4, -0.2) is 24.7 Å². The summed E-state index contributed by atoms with van der Waals surface area (Å²) in [5, 5.41) is 3.49. The molecule has 17 heavy (non-hydrogen) atoms. The second-order valence-electron chi connectivity index (χ2n) is 5.09. The van der Waals surface area contributed by atoms with E-state index in [1.54, 1.807) is 0 Å². The van der Waals surface area contributed by atoms with Gasteiger partial charge in [-0.05, 0) is 38.0 Å². The highest BCUT2D eigenvalue weighted by Crippen LogP contribution is 2.34. The van der Waals surface area contributed by atoms with E-state index in [0.29, 0.717) is 18.6 Å². The predicted octanol–water partition coefficient (Wildman–Crippen LogP) is 2.74. The molecule has 1 aliphatic carbocycles. The molecule has 1 rings (SSSR count). The molecule has 4 unspecified atom stereocenters. The minimum Gasteiger partial charge on any atom is -0.465 e. The van der Waals surface area contributed by atoms with Crippen molar-refractivity contribution in [1.29, 1.82) is 0 Å². The number of esters is 1. The number of rotatable bonds is 6. The van der Waals surface area contributed by atoms with E-state index in [0.717, 1.165) is 12.3 Å². The molecular formula is C14H27NO2. The molecule has 0 aliphatic heterocycles. The molecule has 3 heteroatoms. The Morgan fingerprint density at radius 3 is 2.53 bits per heavy atom. The van der Waals surface area contributed by atoms with E-state index in [-0.39, 0.29) is 12.0 Å². The van der Waals surface area contributed by atoms with Crippen LogP contribution in [-0.2, 0) is 9.53 Å². The van der Waals surface area contributed by atoms with Crippen LogP contribution in [0.3, 0.4) is 0 Å². The van der Waals surface area contributed by atoms with Crippen molar-refractivity contribution in [2.45, 2.75) is 65.5 Å². The van der Waals surface area contributed by atoms with Gasteiger partial charge in [0.15, 0.2) is 0 Å². The lowest BCUT2D eigenvalue weighted by Gasteiger charge is -2.25. The Labute approximate surface area is 105 Å². The summed E-state index contributed by atoms with van der Waals surface area (Å²) in [5.74, 6) is 1.39. The Hall–Kier alpha value is -0.570. The number of hydrogen-bond donors (Lipinski definition) is 1. The van der Waals surface area contributed by atoms with E-state index < -0.39 is 0 Å². The van der Waals surface area contributed by atoms with E-state index in [1.807, 2.05) is 13.8 Å². The molecule has 0 spiro atoms. The van der Waals surface area contributed by atoms with Crippen LogP contribution < -0.4 is 5.32 Å². The number of nitrogens with one attached hydrogen (secondary N) is 1. The summed E-state index contributed by atoms with van der Waals surface area (Å²) >= 11 is 0. The molecule has 1 N–H and O–H groups in total. The fourth-order valence-corrected chi connectivity index (χ4v) is 2.91. The van der Waals surface area contributed by atoms with Crippen LogP contribution in [0.1, 0.15) is 53.4 Å². The first-order valence-corrected chi connectivity index (χ1v) is 7.06. The average Bonchev–Trinajstić information content (AvgIpc) is 2.67. The van der Waals surface area contributed by atoms with Gasteiger partial charge in [0.2, 0.25) is 0 Å². The smallest absolute Gasteiger partial charge is 0.323 e. The van der Waals surface area contributed by atoms with Crippen molar-refractivity contribution in [3.8, 4) is 0 Å². The molecule has 1 saturated carbocycles. The lowest BCUT2D eigenvalue weighted by molar-refractivity contribution is -0.146. The molecular weight excluding hydrogens is 214 g/mol. The topological polar surface area (TPSA) is 38.3 Å². The predicted molar refractivity (Wildman–Crippen MR) is 69.8 cm³/mol. The van der Waals surface area contributed by atoms with Crippen molar-refractivity contribution < 1.29 is 9.53 Å². The molecule has 100 valence electrons. The second kappa shape index (κ2) is 7.00. The Morgan fingerprint density at radius 1 is 1.35 bits per heavy atom. The van der Waals surface area contributed by atoms with Crippen molar-refractivity contribution in [3.63, 3.8) is 0 Å². The molecule has 0 heterocycles.